The summed E-state index contributed by atoms with van der Waals surface area (Å²) in [6.45, 7) is 2.84. The van der Waals surface area contributed by atoms with Crippen molar-refractivity contribution in [2.24, 2.45) is 0 Å². The van der Waals surface area contributed by atoms with Gasteiger partial charge >= 0.3 is 6.09 Å². The maximum absolute atomic E-state index is 11.1. The highest BCUT2D eigenvalue weighted by Crippen LogP contribution is 2.28. The fourth-order valence-electron chi connectivity index (χ4n) is 4.30. The fraction of sp³-hybridized carbons (Fsp3) is 0.500. The number of carbonyl (C=O) groups is 1. The van der Waals surface area contributed by atoms with Crippen molar-refractivity contribution >= 4 is 22.8 Å². The molecule has 2 N–H and O–H groups in total. The molecule has 8 heteroatoms. The molecule has 2 fully saturated rings. The molecule has 28 heavy (non-hydrogen) atoms. The van der Waals surface area contributed by atoms with Crippen molar-refractivity contribution in [2.75, 3.05) is 31.5 Å². The molecule has 1 amide bonds. The first-order valence-corrected chi connectivity index (χ1v) is 9.77. The van der Waals surface area contributed by atoms with Crippen LogP contribution in [0.2, 0.25) is 0 Å². The van der Waals surface area contributed by atoms with Gasteiger partial charge in [0.05, 0.1) is 17.1 Å². The minimum absolute atomic E-state index is 0.348. The summed E-state index contributed by atoms with van der Waals surface area (Å²) in [5.74, 6) is 0.792. The Bertz CT molecular complexity index is 895. The van der Waals surface area contributed by atoms with Crippen LogP contribution in [0.1, 0.15) is 31.2 Å². The zero-order valence-electron chi connectivity index (χ0n) is 15.7. The Hall–Kier alpha value is -2.92. The van der Waals surface area contributed by atoms with E-state index in [9.17, 15) is 4.79 Å². The van der Waals surface area contributed by atoms with Crippen LogP contribution in [0.4, 0.5) is 10.6 Å². The van der Waals surface area contributed by atoms with E-state index in [4.69, 9.17) is 10.4 Å². The van der Waals surface area contributed by atoms with Crippen LogP contribution in [-0.2, 0) is 0 Å². The number of carboxylic acid groups (broad SMARTS) is 1. The zero-order chi connectivity index (χ0) is 19.5. The van der Waals surface area contributed by atoms with E-state index in [1.165, 1.54) is 4.90 Å². The van der Waals surface area contributed by atoms with Gasteiger partial charge in [0.25, 0.3) is 0 Å². The van der Waals surface area contributed by atoms with Crippen molar-refractivity contribution < 1.29 is 9.90 Å². The van der Waals surface area contributed by atoms with Crippen LogP contribution in [0.3, 0.4) is 0 Å². The predicted octanol–water partition coefficient (Wildman–Crippen LogP) is 2.52. The Balaban J connectivity index is 1.36. The third-order valence-electron chi connectivity index (χ3n) is 5.90. The number of nitrogens with one attached hydrogen (secondary N) is 1. The third kappa shape index (κ3) is 3.85. The second-order valence-electron chi connectivity index (χ2n) is 7.52. The molecular weight excluding hydrogens is 356 g/mol. The standard InChI is InChI=1S/C20H24N6O2/c21-12-14-1-6-18-17(11-14)19(23-13-22-18)24-15-2-4-16(5-3-15)25-7-9-26(10-8-25)20(27)28/h1,6,11,13,15-16H,2-5,7-10H2,(H,27,28)(H,22,23,24)/t15-,16-. The van der Waals surface area contributed by atoms with E-state index in [0.29, 0.717) is 30.7 Å². The zero-order valence-corrected chi connectivity index (χ0v) is 15.7. The lowest BCUT2D eigenvalue weighted by Gasteiger charge is -2.41. The highest BCUT2D eigenvalue weighted by atomic mass is 16.4. The SMILES string of the molecule is N#Cc1ccc2ncnc(N[C@H]3CC[C@H](N4CCN(C(=O)O)CC4)CC3)c2c1. The Morgan fingerprint density at radius 1 is 1.14 bits per heavy atom. The molecule has 0 atom stereocenters. The smallest absolute Gasteiger partial charge is 0.407 e. The average molecular weight is 380 g/mol. The summed E-state index contributed by atoms with van der Waals surface area (Å²) in [6.07, 6.45) is 5.03. The number of fused-ring (bicyclic) bond motifs is 1. The van der Waals surface area contributed by atoms with E-state index >= 15 is 0 Å². The van der Waals surface area contributed by atoms with E-state index in [1.807, 2.05) is 12.1 Å². The number of anilines is 1. The van der Waals surface area contributed by atoms with Crippen molar-refractivity contribution in [3.8, 4) is 6.07 Å². The predicted molar refractivity (Wildman–Crippen MR) is 105 cm³/mol. The molecule has 1 saturated carbocycles. The van der Waals surface area contributed by atoms with Gasteiger partial charge in [0.1, 0.15) is 12.1 Å². The Labute approximate surface area is 163 Å². The molecule has 2 heterocycles. The molecule has 146 valence electrons. The molecule has 0 unspecified atom stereocenters. The second-order valence-corrected chi connectivity index (χ2v) is 7.52. The van der Waals surface area contributed by atoms with Gasteiger partial charge < -0.3 is 15.3 Å². The highest BCUT2D eigenvalue weighted by molar-refractivity contribution is 5.89. The molecule has 2 aromatic rings. The summed E-state index contributed by atoms with van der Waals surface area (Å²) in [7, 11) is 0. The molecule has 4 rings (SSSR count). The minimum atomic E-state index is -0.816. The van der Waals surface area contributed by atoms with Crippen LogP contribution >= 0.6 is 0 Å². The lowest BCUT2D eigenvalue weighted by Crippen LogP contribution is -2.52. The van der Waals surface area contributed by atoms with E-state index in [2.05, 4.69) is 26.3 Å². The van der Waals surface area contributed by atoms with Crippen LogP contribution in [0, 0.1) is 11.3 Å². The molecule has 0 bridgehead atoms. The van der Waals surface area contributed by atoms with Gasteiger partial charge in [-0.15, -0.1) is 0 Å². The first-order chi connectivity index (χ1) is 13.6. The summed E-state index contributed by atoms with van der Waals surface area (Å²) in [6, 6.07) is 8.52. The van der Waals surface area contributed by atoms with Gasteiger partial charge in [0.2, 0.25) is 0 Å². The topological polar surface area (TPSA) is 105 Å². The largest absolute Gasteiger partial charge is 0.465 e. The maximum Gasteiger partial charge on any atom is 0.407 e. The number of hydrogen-bond donors (Lipinski definition) is 2. The Kier molecular flexibility index (Phi) is 5.26. The van der Waals surface area contributed by atoms with E-state index in [0.717, 1.165) is 55.5 Å². The summed E-state index contributed by atoms with van der Waals surface area (Å²) in [4.78, 5) is 23.7. The lowest BCUT2D eigenvalue weighted by molar-refractivity contribution is 0.0721. The normalized spacial score (nSPS) is 23.3. The highest BCUT2D eigenvalue weighted by Gasteiger charge is 2.29. The first-order valence-electron chi connectivity index (χ1n) is 9.77. The molecule has 1 aliphatic carbocycles. The summed E-state index contributed by atoms with van der Waals surface area (Å²) in [5.41, 5.74) is 1.44. The van der Waals surface area contributed by atoms with Crippen LogP contribution in [0.25, 0.3) is 10.9 Å². The molecule has 1 aromatic carbocycles. The third-order valence-corrected chi connectivity index (χ3v) is 5.90. The monoisotopic (exact) mass is 380 g/mol. The quantitative estimate of drug-likeness (QED) is 0.843. The van der Waals surface area contributed by atoms with Gasteiger partial charge in [-0.3, -0.25) is 4.90 Å². The number of benzene rings is 1. The van der Waals surface area contributed by atoms with Gasteiger partial charge in [-0.25, -0.2) is 14.8 Å². The van der Waals surface area contributed by atoms with E-state index < -0.39 is 6.09 Å². The van der Waals surface area contributed by atoms with E-state index in [1.54, 1.807) is 12.4 Å². The number of nitriles is 1. The first kappa shape index (κ1) is 18.4. The van der Waals surface area contributed by atoms with Crippen LogP contribution in [0.15, 0.2) is 24.5 Å². The molecule has 1 aliphatic heterocycles. The van der Waals surface area contributed by atoms with E-state index in [-0.39, 0.29) is 0 Å². The number of amides is 1. The molecule has 0 spiro atoms. The molecular formula is C20H24N6O2. The molecule has 1 saturated heterocycles. The van der Waals surface area contributed by atoms with Crippen molar-refractivity contribution in [1.29, 1.82) is 5.26 Å². The molecule has 8 nitrogen and oxygen atoms in total. The number of piperazine rings is 1. The van der Waals surface area contributed by atoms with Gasteiger partial charge in [-0.05, 0) is 43.9 Å². The molecule has 0 radical (unpaired) electrons. The second kappa shape index (κ2) is 7.98. The van der Waals surface area contributed by atoms with Gasteiger partial charge in [0.15, 0.2) is 0 Å². The number of rotatable bonds is 3. The summed E-state index contributed by atoms with van der Waals surface area (Å²) >= 11 is 0. The van der Waals surface area contributed by atoms with Gasteiger partial charge in [-0.1, -0.05) is 0 Å². The number of aromatic nitrogens is 2. The fourth-order valence-corrected chi connectivity index (χ4v) is 4.30. The van der Waals surface area contributed by atoms with Crippen molar-refractivity contribution in [1.82, 2.24) is 19.8 Å². The van der Waals surface area contributed by atoms with Crippen molar-refractivity contribution in [3.63, 3.8) is 0 Å². The Morgan fingerprint density at radius 3 is 2.57 bits per heavy atom. The van der Waals surface area contributed by atoms with Gasteiger partial charge in [0, 0.05) is 43.6 Å². The van der Waals surface area contributed by atoms with Crippen LogP contribution in [-0.4, -0.2) is 69.2 Å². The van der Waals surface area contributed by atoms with Gasteiger partial charge in [-0.2, -0.15) is 5.26 Å². The molecule has 1 aromatic heterocycles. The Morgan fingerprint density at radius 2 is 1.89 bits per heavy atom. The summed E-state index contributed by atoms with van der Waals surface area (Å²) < 4.78 is 0. The van der Waals surface area contributed by atoms with Crippen molar-refractivity contribution in [3.05, 3.63) is 30.1 Å². The molecule has 2 aliphatic rings. The van der Waals surface area contributed by atoms with Crippen LogP contribution in [0.5, 0.6) is 0 Å². The number of hydrogen-bond acceptors (Lipinski definition) is 6. The number of nitrogens with zero attached hydrogens (tertiary/aromatic N) is 5. The summed E-state index contributed by atoms with van der Waals surface area (Å²) in [5, 5.41) is 22.7. The van der Waals surface area contributed by atoms with Crippen LogP contribution < -0.4 is 5.32 Å². The average Bonchev–Trinajstić information content (AvgIpc) is 2.74. The van der Waals surface area contributed by atoms with Crippen molar-refractivity contribution in [2.45, 2.75) is 37.8 Å². The lowest BCUT2D eigenvalue weighted by atomic mass is 9.89. The minimum Gasteiger partial charge on any atom is -0.465 e. The maximum atomic E-state index is 11.1.